The average molecular weight is 554 g/mol. The number of primary amides is 1. The van der Waals surface area contributed by atoms with E-state index in [4.69, 9.17) is 21.5 Å². The van der Waals surface area contributed by atoms with E-state index in [0.29, 0.717) is 0 Å². The molecule has 8 heteroatoms. The molecular formula is C24H18Br2N4O2. The second-order valence-electron chi connectivity index (χ2n) is 6.85. The van der Waals surface area contributed by atoms with Crippen molar-refractivity contribution in [1.82, 2.24) is 4.57 Å². The van der Waals surface area contributed by atoms with E-state index >= 15 is 0 Å². The van der Waals surface area contributed by atoms with Crippen LogP contribution in [0.25, 0.3) is 10.9 Å². The Morgan fingerprint density at radius 2 is 1.84 bits per heavy atom. The van der Waals surface area contributed by atoms with Crippen LogP contribution >= 0.6 is 31.9 Å². The molecule has 0 fully saturated rings. The molecule has 4 N–H and O–H groups in total. The molecule has 0 bridgehead atoms. The number of nitrogens with one attached hydrogen (secondary N) is 1. The van der Waals surface area contributed by atoms with Gasteiger partial charge in [-0.1, -0.05) is 44.0 Å². The molecule has 0 radical (unpaired) electrons. The smallest absolute Gasteiger partial charge is 0.248 e. The molecule has 0 unspecified atom stereocenters. The van der Waals surface area contributed by atoms with Crippen molar-refractivity contribution in [3.8, 4) is 11.8 Å². The highest BCUT2D eigenvalue weighted by Crippen LogP contribution is 2.24. The van der Waals surface area contributed by atoms with E-state index in [0.717, 1.165) is 32.0 Å². The Kier molecular flexibility index (Phi) is 7.46. The number of carbonyl (C=O) groups is 1. The van der Waals surface area contributed by atoms with Crippen LogP contribution in [0, 0.1) is 16.7 Å². The van der Waals surface area contributed by atoms with Crippen LogP contribution in [0.2, 0.25) is 0 Å². The number of aromatic hydroxyl groups is 1. The van der Waals surface area contributed by atoms with Crippen molar-refractivity contribution in [2.24, 2.45) is 5.73 Å². The predicted octanol–water partition coefficient (Wildman–Crippen LogP) is 5.58. The number of nitrogens with two attached hydrogens (primary N) is 1. The molecule has 32 heavy (non-hydrogen) atoms. The molecule has 160 valence electrons. The Bertz CT molecular complexity index is 1340. The van der Waals surface area contributed by atoms with E-state index in [-0.39, 0.29) is 16.9 Å². The highest BCUT2D eigenvalue weighted by atomic mass is 79.9. The molecule has 4 aromatic rings. The maximum Gasteiger partial charge on any atom is 0.248 e. The van der Waals surface area contributed by atoms with E-state index in [1.165, 1.54) is 30.0 Å². The van der Waals surface area contributed by atoms with Crippen molar-refractivity contribution in [3.63, 3.8) is 0 Å². The highest BCUT2D eigenvalue weighted by molar-refractivity contribution is 9.11. The summed E-state index contributed by atoms with van der Waals surface area (Å²) in [4.78, 5) is 10.6. The van der Waals surface area contributed by atoms with Gasteiger partial charge in [0, 0.05) is 49.9 Å². The lowest BCUT2D eigenvalue weighted by molar-refractivity contribution is 0.1000. The summed E-state index contributed by atoms with van der Waals surface area (Å²) in [6.45, 7) is 0.809. The third-order valence-corrected chi connectivity index (χ3v) is 5.60. The largest absolute Gasteiger partial charge is 0.507 e. The lowest BCUT2D eigenvalue weighted by Gasteiger charge is -2.07. The van der Waals surface area contributed by atoms with Gasteiger partial charge in [-0.2, -0.15) is 5.26 Å². The average Bonchev–Trinajstić information content (AvgIpc) is 3.16. The first-order valence-corrected chi connectivity index (χ1v) is 11.0. The number of carbonyl (C=O) groups excluding carboxylic acids is 1. The minimum absolute atomic E-state index is 0.0475. The molecule has 0 aliphatic rings. The van der Waals surface area contributed by atoms with Crippen LogP contribution in [0.15, 0.2) is 75.8 Å². The fraction of sp³-hybridized carbons (Fsp3) is 0.0417. The molecule has 0 aliphatic heterocycles. The number of hydrogen-bond donors (Lipinski definition) is 3. The van der Waals surface area contributed by atoms with Gasteiger partial charge in [-0.3, -0.25) is 4.79 Å². The van der Waals surface area contributed by atoms with Crippen LogP contribution in [-0.2, 0) is 6.54 Å². The summed E-state index contributed by atoms with van der Waals surface area (Å²) in [5.74, 6) is -0.769. The molecule has 1 amide bonds. The number of halogens is 2. The van der Waals surface area contributed by atoms with E-state index in [1.54, 1.807) is 6.07 Å². The van der Waals surface area contributed by atoms with Crippen LogP contribution in [0.4, 0.5) is 0 Å². The van der Waals surface area contributed by atoms with Crippen molar-refractivity contribution in [3.05, 3.63) is 98.1 Å². The van der Waals surface area contributed by atoms with Crippen molar-refractivity contribution in [1.29, 1.82) is 10.7 Å². The van der Waals surface area contributed by atoms with Crippen molar-refractivity contribution >= 4 is 54.9 Å². The Hall–Kier alpha value is -3.41. The molecule has 0 aliphatic carbocycles. The molecule has 0 saturated heterocycles. The van der Waals surface area contributed by atoms with Gasteiger partial charge in [0.25, 0.3) is 0 Å². The third kappa shape index (κ3) is 5.44. The van der Waals surface area contributed by atoms with Gasteiger partial charge in [-0.25, -0.2) is 0 Å². The summed E-state index contributed by atoms with van der Waals surface area (Å²) in [6, 6.07) is 20.0. The van der Waals surface area contributed by atoms with Crippen LogP contribution < -0.4 is 5.73 Å². The van der Waals surface area contributed by atoms with E-state index in [1.807, 2.05) is 18.2 Å². The van der Waals surface area contributed by atoms with Gasteiger partial charge in [0.15, 0.2) is 0 Å². The monoisotopic (exact) mass is 552 g/mol. The SMILES string of the molecule is N#Cc1cc(C(N)=O)ccc1O.N=Cc1cccc2c1ccn2Cc1cc(Br)cc(Br)c1. The van der Waals surface area contributed by atoms with Gasteiger partial charge < -0.3 is 20.8 Å². The first-order chi connectivity index (χ1) is 15.3. The van der Waals surface area contributed by atoms with Gasteiger partial charge >= 0.3 is 0 Å². The number of hydrogen-bond acceptors (Lipinski definition) is 4. The summed E-state index contributed by atoms with van der Waals surface area (Å²) in [6.07, 6.45) is 3.48. The second kappa shape index (κ2) is 10.3. The Balaban J connectivity index is 0.000000207. The molecule has 6 nitrogen and oxygen atoms in total. The van der Waals surface area contributed by atoms with Gasteiger partial charge in [-0.05, 0) is 54.1 Å². The lowest BCUT2D eigenvalue weighted by atomic mass is 10.1. The van der Waals surface area contributed by atoms with Crippen molar-refractivity contribution in [2.45, 2.75) is 6.54 Å². The topological polar surface area (TPSA) is 116 Å². The quantitative estimate of drug-likeness (QED) is 0.286. The predicted molar refractivity (Wildman–Crippen MR) is 132 cm³/mol. The lowest BCUT2D eigenvalue weighted by Crippen LogP contribution is -2.10. The maximum absolute atomic E-state index is 10.6. The van der Waals surface area contributed by atoms with Crippen LogP contribution in [-0.4, -0.2) is 21.8 Å². The zero-order valence-corrected chi connectivity index (χ0v) is 19.9. The first kappa shape index (κ1) is 23.3. The van der Waals surface area contributed by atoms with Gasteiger partial charge in [0.05, 0.1) is 5.56 Å². The van der Waals surface area contributed by atoms with Gasteiger partial charge in [0.2, 0.25) is 5.91 Å². The Morgan fingerprint density at radius 1 is 1.12 bits per heavy atom. The molecule has 0 atom stereocenters. The van der Waals surface area contributed by atoms with Crippen molar-refractivity contribution in [2.75, 3.05) is 0 Å². The second-order valence-corrected chi connectivity index (χ2v) is 8.69. The fourth-order valence-electron chi connectivity index (χ4n) is 3.19. The van der Waals surface area contributed by atoms with E-state index in [9.17, 15) is 4.79 Å². The zero-order chi connectivity index (χ0) is 23.3. The number of rotatable bonds is 4. The van der Waals surface area contributed by atoms with Crippen molar-refractivity contribution < 1.29 is 9.90 Å². The number of phenols is 1. The van der Waals surface area contributed by atoms with Gasteiger partial charge in [0.1, 0.15) is 11.8 Å². The minimum atomic E-state index is -0.619. The Labute approximate surface area is 201 Å². The molecule has 1 aromatic heterocycles. The zero-order valence-electron chi connectivity index (χ0n) is 16.7. The molecule has 1 heterocycles. The molecule has 4 rings (SSSR count). The maximum atomic E-state index is 10.6. The summed E-state index contributed by atoms with van der Waals surface area (Å²) in [5.41, 5.74) is 8.55. The summed E-state index contributed by atoms with van der Waals surface area (Å²) in [7, 11) is 0. The van der Waals surface area contributed by atoms with Crippen LogP contribution in [0.5, 0.6) is 5.75 Å². The number of aromatic nitrogens is 1. The molecule has 0 saturated carbocycles. The van der Waals surface area contributed by atoms with Crippen LogP contribution in [0.1, 0.15) is 27.0 Å². The molecular weight excluding hydrogens is 536 g/mol. The third-order valence-electron chi connectivity index (χ3n) is 4.68. The number of nitriles is 1. The Morgan fingerprint density at radius 3 is 2.47 bits per heavy atom. The normalized spacial score (nSPS) is 10.2. The van der Waals surface area contributed by atoms with E-state index < -0.39 is 5.91 Å². The molecule has 0 spiro atoms. The molecule has 3 aromatic carbocycles. The number of amides is 1. The fourth-order valence-corrected chi connectivity index (χ4v) is 4.58. The summed E-state index contributed by atoms with van der Waals surface area (Å²) < 4.78 is 4.34. The minimum Gasteiger partial charge on any atom is -0.507 e. The van der Waals surface area contributed by atoms with Gasteiger partial charge in [-0.15, -0.1) is 0 Å². The van der Waals surface area contributed by atoms with Crippen LogP contribution in [0.3, 0.4) is 0 Å². The summed E-state index contributed by atoms with van der Waals surface area (Å²) in [5, 5.41) is 26.1. The highest BCUT2D eigenvalue weighted by Gasteiger charge is 2.06. The van der Waals surface area contributed by atoms with E-state index in [2.05, 4.69) is 66.9 Å². The standard InChI is InChI=1S/C16H12Br2N2.C8H6N2O2/c17-13-6-11(7-14(18)8-13)10-20-5-4-15-12(9-19)2-1-3-16(15)20;9-4-6-3-5(8(10)12)1-2-7(6)11/h1-9,19H,10H2;1-3,11H,(H2,10,12). The number of benzene rings is 3. The number of nitrogens with zero attached hydrogens (tertiary/aromatic N) is 2. The first-order valence-electron chi connectivity index (χ1n) is 9.38. The number of fused-ring (bicyclic) bond motifs is 1. The number of phenolic OH excluding ortho intramolecular Hbond substituents is 1. The summed E-state index contributed by atoms with van der Waals surface area (Å²) >= 11 is 7.04.